The van der Waals surface area contributed by atoms with Gasteiger partial charge in [0.05, 0.1) is 4.75 Å². The molecule has 0 aliphatic heterocycles. The topological polar surface area (TPSA) is 54.0 Å². The lowest BCUT2D eigenvalue weighted by Crippen LogP contribution is -2.25. The summed E-state index contributed by atoms with van der Waals surface area (Å²) < 4.78 is 29.1. The maximum Gasteiger partial charge on any atom is 0.299 e. The Labute approximate surface area is 49.5 Å². The lowest BCUT2D eigenvalue weighted by Gasteiger charge is -2.10. The molecule has 0 aliphatic carbocycles. The van der Waals surface area contributed by atoms with Crippen LogP contribution in [0.1, 0.15) is 20.8 Å². The molecular formula is C4H9O3S. The molecule has 0 heterocycles. The number of hydrogen-bond acceptors (Lipinski definition) is 2. The quantitative estimate of drug-likeness (QED) is 0.489. The largest absolute Gasteiger partial charge is 0.299 e. The lowest BCUT2D eigenvalue weighted by atomic mass is 10.3. The summed E-state index contributed by atoms with van der Waals surface area (Å²) in [5.74, 6) is 0. The van der Waals surface area contributed by atoms with Crippen molar-refractivity contribution in [2.45, 2.75) is 25.5 Å². The van der Waals surface area contributed by atoms with E-state index in [1.165, 1.54) is 20.8 Å². The van der Waals surface area contributed by atoms with Gasteiger partial charge in [0.25, 0.3) is 10.1 Å². The van der Waals surface area contributed by atoms with Gasteiger partial charge in [0.2, 0.25) is 0 Å². The van der Waals surface area contributed by atoms with Gasteiger partial charge >= 0.3 is 0 Å². The molecule has 8 heavy (non-hydrogen) atoms. The Bertz CT molecular complexity index is 160. The minimum absolute atomic E-state index is 1.15. The van der Waals surface area contributed by atoms with Crippen LogP contribution in [0.4, 0.5) is 0 Å². The molecule has 0 N–H and O–H groups in total. The summed E-state index contributed by atoms with van der Waals surface area (Å²) >= 11 is 0. The highest BCUT2D eigenvalue weighted by Crippen LogP contribution is 2.12. The second-order valence-electron chi connectivity index (χ2n) is 2.57. The van der Waals surface area contributed by atoms with E-state index < -0.39 is 14.9 Å². The van der Waals surface area contributed by atoms with Crippen LogP contribution >= 0.6 is 0 Å². The van der Waals surface area contributed by atoms with Crippen molar-refractivity contribution in [1.82, 2.24) is 0 Å². The summed E-state index contributed by atoms with van der Waals surface area (Å²) in [6.45, 7) is 4.11. The molecule has 3 nitrogen and oxygen atoms in total. The fraction of sp³-hybridized carbons (Fsp3) is 1.00. The molecule has 0 amide bonds. The monoisotopic (exact) mass is 137 g/mol. The first-order valence-electron chi connectivity index (χ1n) is 2.20. The van der Waals surface area contributed by atoms with E-state index in [9.17, 15) is 13.0 Å². The van der Waals surface area contributed by atoms with E-state index >= 15 is 0 Å². The predicted molar refractivity (Wildman–Crippen MR) is 29.4 cm³/mol. The van der Waals surface area contributed by atoms with Gasteiger partial charge in [-0.05, 0) is 20.8 Å². The molecule has 0 bridgehead atoms. The fourth-order valence-electron chi connectivity index (χ4n) is 0. The van der Waals surface area contributed by atoms with Gasteiger partial charge in [-0.15, -0.1) is 0 Å². The van der Waals surface area contributed by atoms with Crippen LogP contribution in [-0.2, 0) is 14.7 Å². The van der Waals surface area contributed by atoms with Crippen molar-refractivity contribution < 1.29 is 13.0 Å². The number of hydrogen-bond donors (Lipinski definition) is 0. The zero-order chi connectivity index (χ0) is 7.00. The zero-order valence-electron chi connectivity index (χ0n) is 5.13. The second kappa shape index (κ2) is 1.70. The van der Waals surface area contributed by atoms with Crippen molar-refractivity contribution in [1.29, 1.82) is 0 Å². The summed E-state index contributed by atoms with van der Waals surface area (Å²) in [4.78, 5) is 0. The van der Waals surface area contributed by atoms with Crippen molar-refractivity contribution in [2.24, 2.45) is 0 Å². The molecule has 49 valence electrons. The van der Waals surface area contributed by atoms with Crippen LogP contribution in [0, 0.1) is 0 Å². The molecule has 0 spiro atoms. The summed E-state index contributed by atoms with van der Waals surface area (Å²) in [5.41, 5.74) is 0. The van der Waals surface area contributed by atoms with Crippen molar-refractivity contribution in [2.75, 3.05) is 0 Å². The maximum absolute atomic E-state index is 10.1. The highest BCUT2D eigenvalue weighted by molar-refractivity contribution is 7.86. The Morgan fingerprint density at radius 3 is 1.25 bits per heavy atom. The lowest BCUT2D eigenvalue weighted by molar-refractivity contribution is 0.388. The standard InChI is InChI=1S/C4H9O3S/c1-4(2,3)8(5,6)7/h1-3H3. The predicted octanol–water partition coefficient (Wildman–Crippen LogP) is 0.545. The molecule has 0 aromatic carbocycles. The summed E-state index contributed by atoms with van der Waals surface area (Å²) in [7, 11) is -4.09. The van der Waals surface area contributed by atoms with Gasteiger partial charge < -0.3 is 0 Å². The molecule has 0 aromatic heterocycles. The Kier molecular flexibility index (Phi) is 1.68. The van der Waals surface area contributed by atoms with E-state index in [-0.39, 0.29) is 0 Å². The smallest absolute Gasteiger partial charge is 0.196 e. The van der Waals surface area contributed by atoms with Gasteiger partial charge in [0.1, 0.15) is 0 Å². The van der Waals surface area contributed by atoms with Crippen LogP contribution in [0.3, 0.4) is 0 Å². The summed E-state index contributed by atoms with van der Waals surface area (Å²) in [5, 5.41) is 0. The van der Waals surface area contributed by atoms with E-state index in [0.29, 0.717) is 0 Å². The molecule has 1 radical (unpaired) electrons. The molecule has 0 rings (SSSR count). The van der Waals surface area contributed by atoms with Crippen LogP contribution in [0.15, 0.2) is 0 Å². The van der Waals surface area contributed by atoms with Gasteiger partial charge in [0, 0.05) is 0 Å². The SMILES string of the molecule is CC(C)(C)S([O])(=O)=O. The first-order chi connectivity index (χ1) is 3.25. The average Bonchev–Trinajstić information content (AvgIpc) is 1.25. The second-order valence-corrected chi connectivity index (χ2v) is 4.70. The molecule has 0 fully saturated rings. The molecule has 0 saturated heterocycles. The van der Waals surface area contributed by atoms with E-state index in [4.69, 9.17) is 0 Å². The molecule has 0 unspecified atom stereocenters. The van der Waals surface area contributed by atoms with Crippen LogP contribution in [0.5, 0.6) is 0 Å². The van der Waals surface area contributed by atoms with Gasteiger partial charge in [-0.25, -0.2) is 0 Å². The van der Waals surface area contributed by atoms with Gasteiger partial charge in [-0.1, -0.05) is 4.55 Å². The number of rotatable bonds is 0. The Morgan fingerprint density at radius 2 is 1.25 bits per heavy atom. The Balaban J connectivity index is 4.53. The molecule has 0 aliphatic rings. The molecule has 4 heteroatoms. The van der Waals surface area contributed by atoms with E-state index in [2.05, 4.69) is 0 Å². The minimum atomic E-state index is -4.09. The maximum atomic E-state index is 10.1. The van der Waals surface area contributed by atoms with Crippen LogP contribution < -0.4 is 0 Å². The summed E-state index contributed by atoms with van der Waals surface area (Å²) in [6, 6.07) is 0. The molecule has 0 atom stereocenters. The van der Waals surface area contributed by atoms with Gasteiger partial charge in [-0.3, -0.25) is 0 Å². The van der Waals surface area contributed by atoms with Crippen molar-refractivity contribution in [3.8, 4) is 0 Å². The van der Waals surface area contributed by atoms with Crippen molar-refractivity contribution in [3.63, 3.8) is 0 Å². The Morgan fingerprint density at radius 1 is 1.12 bits per heavy atom. The average molecular weight is 137 g/mol. The first kappa shape index (κ1) is 7.91. The third-order valence-electron chi connectivity index (χ3n) is 0.750. The van der Waals surface area contributed by atoms with Crippen LogP contribution in [0.25, 0.3) is 0 Å². The van der Waals surface area contributed by atoms with Crippen molar-refractivity contribution in [3.05, 3.63) is 0 Å². The molecular weight excluding hydrogens is 128 g/mol. The zero-order valence-corrected chi connectivity index (χ0v) is 5.95. The van der Waals surface area contributed by atoms with Crippen molar-refractivity contribution >= 4 is 10.1 Å². The van der Waals surface area contributed by atoms with E-state index in [1.54, 1.807) is 0 Å². The molecule has 0 saturated carbocycles. The van der Waals surface area contributed by atoms with Gasteiger partial charge in [-0.2, -0.15) is 8.42 Å². The highest BCUT2D eigenvalue weighted by Gasteiger charge is 2.27. The molecule has 0 aromatic rings. The van der Waals surface area contributed by atoms with E-state index in [1.807, 2.05) is 0 Å². The van der Waals surface area contributed by atoms with Gasteiger partial charge in [0.15, 0.2) is 0 Å². The van der Waals surface area contributed by atoms with E-state index in [0.717, 1.165) is 0 Å². The minimum Gasteiger partial charge on any atom is -0.196 e. The third-order valence-corrected chi connectivity index (χ3v) is 2.25. The Hall–Kier alpha value is -0.0900. The highest BCUT2D eigenvalue weighted by atomic mass is 32.2. The third kappa shape index (κ3) is 1.79. The summed E-state index contributed by atoms with van der Waals surface area (Å²) in [6.07, 6.45) is 0. The normalized spacial score (nSPS) is 14.0. The van der Waals surface area contributed by atoms with Crippen LogP contribution in [0.2, 0.25) is 0 Å². The van der Waals surface area contributed by atoms with Crippen LogP contribution in [-0.4, -0.2) is 13.2 Å². The fourth-order valence-corrected chi connectivity index (χ4v) is 0. The first-order valence-corrected chi connectivity index (χ1v) is 3.61.